The number of aliphatic hydroxyl groups excluding tert-OH is 1. The predicted octanol–water partition coefficient (Wildman–Crippen LogP) is 1.14. The van der Waals surface area contributed by atoms with E-state index in [0.29, 0.717) is 19.4 Å². The van der Waals surface area contributed by atoms with E-state index in [0.717, 1.165) is 6.42 Å². The van der Waals surface area contributed by atoms with Gasteiger partial charge in [-0.25, -0.2) is 9.97 Å². The molecule has 0 saturated heterocycles. The maximum Gasteiger partial charge on any atom is 0.353 e. The Labute approximate surface area is 110 Å². The number of nitrogens with one attached hydrogen (secondary N) is 2. The van der Waals surface area contributed by atoms with Gasteiger partial charge in [-0.3, -0.25) is 10.1 Å². The smallest absolute Gasteiger partial charge is 0.353 e. The largest absolute Gasteiger partial charge is 0.393 e. The number of hydrogen-bond donors (Lipinski definition) is 3. The molecule has 8 heteroatoms. The molecule has 3 N–H and O–H groups in total. The number of anilines is 2. The summed E-state index contributed by atoms with van der Waals surface area (Å²) < 4.78 is 0. The summed E-state index contributed by atoms with van der Waals surface area (Å²) >= 11 is 0. The molecule has 0 amide bonds. The standard InChI is InChI=1S/C11H17N5O3/c1-2-3-12-10-9(16(18)19)11(14-6-13-10)15-7-4-8(17)5-7/h6-8,17H,2-5H2,1H3,(H2,12,13,14,15). The molecule has 0 radical (unpaired) electrons. The Balaban J connectivity index is 2.18. The zero-order valence-corrected chi connectivity index (χ0v) is 10.7. The van der Waals surface area contributed by atoms with E-state index in [2.05, 4.69) is 20.6 Å². The molecule has 2 rings (SSSR count). The van der Waals surface area contributed by atoms with E-state index in [4.69, 9.17) is 0 Å². The minimum atomic E-state index is -0.491. The summed E-state index contributed by atoms with van der Waals surface area (Å²) in [6.07, 6.45) is 2.98. The minimum absolute atomic E-state index is 0.0302. The Morgan fingerprint density at radius 1 is 1.47 bits per heavy atom. The van der Waals surface area contributed by atoms with Gasteiger partial charge in [0.2, 0.25) is 11.6 Å². The molecule has 0 aliphatic heterocycles. The van der Waals surface area contributed by atoms with Crippen molar-refractivity contribution in [3.8, 4) is 0 Å². The van der Waals surface area contributed by atoms with Crippen LogP contribution >= 0.6 is 0 Å². The Bertz CT molecular complexity index is 462. The molecule has 1 aliphatic rings. The van der Waals surface area contributed by atoms with Crippen molar-refractivity contribution in [2.75, 3.05) is 17.2 Å². The molecule has 104 valence electrons. The van der Waals surface area contributed by atoms with Crippen molar-refractivity contribution in [2.24, 2.45) is 0 Å². The van der Waals surface area contributed by atoms with Gasteiger partial charge in [-0.1, -0.05) is 6.92 Å². The molecule has 1 aliphatic carbocycles. The van der Waals surface area contributed by atoms with Crippen molar-refractivity contribution in [1.82, 2.24) is 9.97 Å². The molecule has 1 aromatic rings. The summed E-state index contributed by atoms with van der Waals surface area (Å²) in [4.78, 5) is 18.5. The van der Waals surface area contributed by atoms with Crippen LogP contribution in [-0.4, -0.2) is 38.7 Å². The van der Waals surface area contributed by atoms with E-state index in [9.17, 15) is 15.2 Å². The molecule has 0 spiro atoms. The fourth-order valence-corrected chi connectivity index (χ4v) is 1.93. The number of aromatic nitrogens is 2. The second kappa shape index (κ2) is 5.79. The molecule has 8 nitrogen and oxygen atoms in total. The highest BCUT2D eigenvalue weighted by Gasteiger charge is 2.31. The summed E-state index contributed by atoms with van der Waals surface area (Å²) in [5.41, 5.74) is -0.141. The Morgan fingerprint density at radius 3 is 2.74 bits per heavy atom. The first kappa shape index (κ1) is 13.5. The SMILES string of the molecule is CCCNc1ncnc(NC2CC(O)C2)c1[N+](=O)[O-]. The van der Waals surface area contributed by atoms with Crippen LogP contribution in [0.25, 0.3) is 0 Å². The van der Waals surface area contributed by atoms with Crippen LogP contribution in [0.5, 0.6) is 0 Å². The van der Waals surface area contributed by atoms with E-state index in [1.807, 2.05) is 6.92 Å². The summed E-state index contributed by atoms with van der Waals surface area (Å²) in [6.45, 7) is 2.58. The summed E-state index contributed by atoms with van der Waals surface area (Å²) in [7, 11) is 0. The van der Waals surface area contributed by atoms with Crippen molar-refractivity contribution in [3.63, 3.8) is 0 Å². The fraction of sp³-hybridized carbons (Fsp3) is 0.636. The average Bonchev–Trinajstić information content (AvgIpc) is 2.34. The van der Waals surface area contributed by atoms with Crippen LogP contribution in [0.1, 0.15) is 26.2 Å². The maximum absolute atomic E-state index is 11.2. The van der Waals surface area contributed by atoms with Crippen LogP contribution < -0.4 is 10.6 Å². The van der Waals surface area contributed by atoms with Gasteiger partial charge in [-0.15, -0.1) is 0 Å². The lowest BCUT2D eigenvalue weighted by molar-refractivity contribution is -0.383. The average molecular weight is 267 g/mol. The lowest BCUT2D eigenvalue weighted by atomic mass is 9.89. The van der Waals surface area contributed by atoms with Crippen LogP contribution in [-0.2, 0) is 0 Å². The molecule has 0 aromatic carbocycles. The van der Waals surface area contributed by atoms with Gasteiger partial charge in [-0.2, -0.15) is 0 Å². The second-order valence-electron chi connectivity index (χ2n) is 4.57. The van der Waals surface area contributed by atoms with Crippen molar-refractivity contribution in [1.29, 1.82) is 0 Å². The zero-order valence-electron chi connectivity index (χ0n) is 10.7. The highest BCUT2D eigenvalue weighted by molar-refractivity contribution is 5.69. The lowest BCUT2D eigenvalue weighted by Crippen LogP contribution is -2.39. The molecule has 1 saturated carbocycles. The van der Waals surface area contributed by atoms with Crippen molar-refractivity contribution >= 4 is 17.3 Å². The van der Waals surface area contributed by atoms with Crippen LogP contribution in [0, 0.1) is 10.1 Å². The normalized spacial score (nSPS) is 21.6. The third-order valence-electron chi connectivity index (χ3n) is 3.00. The summed E-state index contributed by atoms with van der Waals surface area (Å²) in [5, 5.41) is 26.3. The van der Waals surface area contributed by atoms with Gasteiger partial charge in [0.05, 0.1) is 11.0 Å². The van der Waals surface area contributed by atoms with Gasteiger partial charge in [0, 0.05) is 12.6 Å². The fourth-order valence-electron chi connectivity index (χ4n) is 1.93. The van der Waals surface area contributed by atoms with Gasteiger partial charge in [0.25, 0.3) is 0 Å². The van der Waals surface area contributed by atoms with Gasteiger partial charge >= 0.3 is 5.69 Å². The summed E-state index contributed by atoms with van der Waals surface area (Å²) in [6, 6.07) is 0.0302. The molecule has 0 bridgehead atoms. The molecule has 0 atom stereocenters. The number of hydrogen-bond acceptors (Lipinski definition) is 7. The van der Waals surface area contributed by atoms with Crippen molar-refractivity contribution in [2.45, 2.75) is 38.3 Å². The van der Waals surface area contributed by atoms with Gasteiger partial charge < -0.3 is 15.7 Å². The highest BCUT2D eigenvalue weighted by Crippen LogP contribution is 2.32. The van der Waals surface area contributed by atoms with E-state index >= 15 is 0 Å². The molecule has 1 heterocycles. The van der Waals surface area contributed by atoms with E-state index in [1.165, 1.54) is 6.33 Å². The molecule has 1 aromatic heterocycles. The quantitative estimate of drug-likeness (QED) is 0.523. The molecule has 19 heavy (non-hydrogen) atoms. The predicted molar refractivity (Wildman–Crippen MR) is 70.1 cm³/mol. The number of rotatable bonds is 6. The lowest BCUT2D eigenvalue weighted by Gasteiger charge is -2.32. The first-order valence-corrected chi connectivity index (χ1v) is 6.29. The van der Waals surface area contributed by atoms with E-state index in [-0.39, 0.29) is 29.5 Å². The molecule has 1 fully saturated rings. The number of aliphatic hydroxyl groups is 1. The number of nitrogens with zero attached hydrogens (tertiary/aromatic N) is 3. The van der Waals surface area contributed by atoms with Crippen LogP contribution in [0.15, 0.2) is 6.33 Å². The Morgan fingerprint density at radius 2 is 2.16 bits per heavy atom. The molecule has 0 unspecified atom stereocenters. The zero-order chi connectivity index (χ0) is 13.8. The van der Waals surface area contributed by atoms with Gasteiger partial charge in [-0.05, 0) is 19.3 Å². The molecular weight excluding hydrogens is 250 g/mol. The number of nitro groups is 1. The first-order chi connectivity index (χ1) is 9.11. The summed E-state index contributed by atoms with van der Waals surface area (Å²) in [5.74, 6) is 0.430. The Hall–Kier alpha value is -1.96. The van der Waals surface area contributed by atoms with Crippen LogP contribution in [0.4, 0.5) is 17.3 Å². The topological polar surface area (TPSA) is 113 Å². The maximum atomic E-state index is 11.2. The molecular formula is C11H17N5O3. The van der Waals surface area contributed by atoms with Crippen LogP contribution in [0.3, 0.4) is 0 Å². The van der Waals surface area contributed by atoms with Gasteiger partial charge in [0.1, 0.15) is 6.33 Å². The van der Waals surface area contributed by atoms with E-state index in [1.54, 1.807) is 0 Å². The third kappa shape index (κ3) is 3.08. The van der Waals surface area contributed by atoms with Gasteiger partial charge in [0.15, 0.2) is 0 Å². The van der Waals surface area contributed by atoms with Crippen molar-refractivity contribution in [3.05, 3.63) is 16.4 Å². The minimum Gasteiger partial charge on any atom is -0.393 e. The first-order valence-electron chi connectivity index (χ1n) is 6.29. The monoisotopic (exact) mass is 267 g/mol. The third-order valence-corrected chi connectivity index (χ3v) is 3.00. The van der Waals surface area contributed by atoms with E-state index < -0.39 is 4.92 Å². The highest BCUT2D eigenvalue weighted by atomic mass is 16.6. The second-order valence-corrected chi connectivity index (χ2v) is 4.57. The van der Waals surface area contributed by atoms with Crippen LogP contribution in [0.2, 0.25) is 0 Å². The van der Waals surface area contributed by atoms with Crippen molar-refractivity contribution < 1.29 is 10.0 Å². The Kier molecular flexibility index (Phi) is 4.10.